The highest BCUT2D eigenvalue weighted by Gasteiger charge is 2.24. The Morgan fingerprint density at radius 2 is 1.64 bits per heavy atom. The predicted octanol–water partition coefficient (Wildman–Crippen LogP) is 3.05. The molecule has 2 N–H and O–H groups in total. The fraction of sp³-hybridized carbons (Fsp3) is 0.400. The molecule has 1 aliphatic heterocycles. The molecule has 1 heterocycles. The van der Waals surface area contributed by atoms with Crippen molar-refractivity contribution in [3.8, 4) is 5.75 Å². The van der Waals surface area contributed by atoms with Crippen molar-refractivity contribution in [3.05, 3.63) is 59.9 Å². The molecule has 3 rings (SSSR count). The van der Waals surface area contributed by atoms with Gasteiger partial charge in [0.15, 0.2) is 0 Å². The zero-order valence-corrected chi connectivity index (χ0v) is 14.7. The molecule has 2 aromatic rings. The molecule has 2 aromatic carbocycles. The molecule has 1 aliphatic rings. The Hall–Kier alpha value is -2.11. The Labute approximate surface area is 149 Å². The number of benzene rings is 2. The van der Waals surface area contributed by atoms with Gasteiger partial charge in [-0.1, -0.05) is 12.1 Å². The van der Waals surface area contributed by atoms with Crippen LogP contribution in [0.3, 0.4) is 0 Å². The fourth-order valence-corrected chi connectivity index (χ4v) is 3.39. The van der Waals surface area contributed by atoms with Crippen molar-refractivity contribution in [2.45, 2.75) is 13.0 Å². The maximum Gasteiger partial charge on any atom is 0.123 e. The van der Waals surface area contributed by atoms with E-state index in [9.17, 15) is 4.39 Å². The van der Waals surface area contributed by atoms with Crippen molar-refractivity contribution in [3.63, 3.8) is 0 Å². The second kappa shape index (κ2) is 8.32. The largest absolute Gasteiger partial charge is 0.494 e. The van der Waals surface area contributed by atoms with Crippen LogP contribution in [0, 0.1) is 5.82 Å². The smallest absolute Gasteiger partial charge is 0.123 e. The zero-order chi connectivity index (χ0) is 17.6. The summed E-state index contributed by atoms with van der Waals surface area (Å²) in [5.74, 6) is 0.698. The topological polar surface area (TPSA) is 41.7 Å². The molecule has 25 heavy (non-hydrogen) atoms. The summed E-state index contributed by atoms with van der Waals surface area (Å²) in [6.45, 7) is 6.95. The number of anilines is 1. The molecule has 1 atom stereocenters. The average molecular weight is 343 g/mol. The highest BCUT2D eigenvalue weighted by Crippen LogP contribution is 2.25. The number of rotatable bonds is 6. The lowest BCUT2D eigenvalue weighted by atomic mass is 10.0. The van der Waals surface area contributed by atoms with Gasteiger partial charge in [-0.2, -0.15) is 0 Å². The van der Waals surface area contributed by atoms with Gasteiger partial charge < -0.3 is 15.4 Å². The molecule has 0 spiro atoms. The number of hydrogen-bond donors (Lipinski definition) is 1. The monoisotopic (exact) mass is 343 g/mol. The first-order valence-corrected chi connectivity index (χ1v) is 8.88. The highest BCUT2D eigenvalue weighted by atomic mass is 19.1. The normalized spacial score (nSPS) is 16.7. The zero-order valence-electron chi connectivity index (χ0n) is 14.7. The first-order chi connectivity index (χ1) is 12.2. The van der Waals surface area contributed by atoms with E-state index in [0.717, 1.165) is 37.6 Å². The molecule has 0 bridgehead atoms. The first-order valence-electron chi connectivity index (χ1n) is 8.88. The number of piperazine rings is 1. The van der Waals surface area contributed by atoms with Gasteiger partial charge in [-0.15, -0.1) is 0 Å². The van der Waals surface area contributed by atoms with Gasteiger partial charge in [-0.25, -0.2) is 4.39 Å². The number of hydrogen-bond acceptors (Lipinski definition) is 4. The quantitative estimate of drug-likeness (QED) is 0.875. The lowest BCUT2D eigenvalue weighted by Crippen LogP contribution is -2.49. The van der Waals surface area contributed by atoms with Crippen LogP contribution in [0.1, 0.15) is 18.5 Å². The van der Waals surface area contributed by atoms with Gasteiger partial charge in [0.25, 0.3) is 0 Å². The minimum atomic E-state index is -0.193. The Morgan fingerprint density at radius 3 is 2.20 bits per heavy atom. The van der Waals surface area contributed by atoms with Crippen molar-refractivity contribution in [2.24, 2.45) is 5.73 Å². The lowest BCUT2D eigenvalue weighted by molar-refractivity contribution is 0.190. The number of nitrogens with two attached hydrogens (primary N) is 1. The van der Waals surface area contributed by atoms with Crippen LogP contribution in [0.15, 0.2) is 48.5 Å². The van der Waals surface area contributed by atoms with Gasteiger partial charge in [-0.05, 0) is 48.9 Å². The van der Waals surface area contributed by atoms with Crippen molar-refractivity contribution in [2.75, 3.05) is 44.2 Å². The van der Waals surface area contributed by atoms with Crippen molar-refractivity contribution in [1.82, 2.24) is 4.90 Å². The van der Waals surface area contributed by atoms with Crippen LogP contribution in [0.4, 0.5) is 10.1 Å². The van der Waals surface area contributed by atoms with Gasteiger partial charge in [0.2, 0.25) is 0 Å². The maximum atomic E-state index is 13.1. The predicted molar refractivity (Wildman–Crippen MR) is 99.6 cm³/mol. The second-order valence-electron chi connectivity index (χ2n) is 6.25. The lowest BCUT2D eigenvalue weighted by Gasteiger charge is -2.40. The molecule has 1 unspecified atom stereocenters. The summed E-state index contributed by atoms with van der Waals surface area (Å²) in [6.07, 6.45) is 0. The molecule has 1 fully saturated rings. The Morgan fingerprint density at radius 1 is 1.00 bits per heavy atom. The molecule has 0 amide bonds. The molecule has 134 valence electrons. The second-order valence-corrected chi connectivity index (χ2v) is 6.25. The number of halogens is 1. The molecule has 5 heteroatoms. The van der Waals surface area contributed by atoms with Crippen LogP contribution in [0.2, 0.25) is 0 Å². The van der Waals surface area contributed by atoms with E-state index < -0.39 is 0 Å². The standard InChI is InChI=1S/C20H26FN3O/c1-2-25-19-9-3-16(4-10-19)20(15-22)24-13-11-23(12-14-24)18-7-5-17(21)6-8-18/h3-10,20H,2,11-15,22H2,1H3. The summed E-state index contributed by atoms with van der Waals surface area (Å²) in [7, 11) is 0. The van der Waals surface area contributed by atoms with Gasteiger partial charge in [0.05, 0.1) is 6.61 Å². The molecular formula is C20H26FN3O. The maximum absolute atomic E-state index is 13.1. The summed E-state index contributed by atoms with van der Waals surface area (Å²) >= 11 is 0. The van der Waals surface area contributed by atoms with E-state index in [1.165, 1.54) is 17.7 Å². The van der Waals surface area contributed by atoms with E-state index in [4.69, 9.17) is 10.5 Å². The third-order valence-corrected chi connectivity index (χ3v) is 4.75. The van der Waals surface area contributed by atoms with Gasteiger partial charge in [0, 0.05) is 44.5 Å². The Bertz CT molecular complexity index is 652. The third kappa shape index (κ3) is 4.30. The third-order valence-electron chi connectivity index (χ3n) is 4.75. The van der Waals surface area contributed by atoms with Crippen LogP contribution in [-0.4, -0.2) is 44.2 Å². The minimum Gasteiger partial charge on any atom is -0.494 e. The molecule has 0 aromatic heterocycles. The van der Waals surface area contributed by atoms with E-state index in [1.54, 1.807) is 0 Å². The van der Waals surface area contributed by atoms with Gasteiger partial charge >= 0.3 is 0 Å². The minimum absolute atomic E-state index is 0.193. The summed E-state index contributed by atoms with van der Waals surface area (Å²) in [4.78, 5) is 4.72. The van der Waals surface area contributed by atoms with Crippen LogP contribution >= 0.6 is 0 Å². The highest BCUT2D eigenvalue weighted by molar-refractivity contribution is 5.46. The summed E-state index contributed by atoms with van der Waals surface area (Å²) in [6, 6.07) is 15.2. The Balaban J connectivity index is 1.62. The Kier molecular flexibility index (Phi) is 5.89. The van der Waals surface area contributed by atoms with Crippen molar-refractivity contribution >= 4 is 5.69 Å². The summed E-state index contributed by atoms with van der Waals surface area (Å²) < 4.78 is 18.6. The van der Waals surface area contributed by atoms with Crippen LogP contribution in [0.5, 0.6) is 5.75 Å². The molecule has 4 nitrogen and oxygen atoms in total. The van der Waals surface area contributed by atoms with E-state index in [0.29, 0.717) is 13.2 Å². The summed E-state index contributed by atoms with van der Waals surface area (Å²) in [5, 5.41) is 0. The van der Waals surface area contributed by atoms with E-state index in [2.05, 4.69) is 21.9 Å². The molecule has 0 radical (unpaired) electrons. The molecular weight excluding hydrogens is 317 g/mol. The van der Waals surface area contributed by atoms with Crippen molar-refractivity contribution in [1.29, 1.82) is 0 Å². The van der Waals surface area contributed by atoms with Crippen LogP contribution in [-0.2, 0) is 0 Å². The van der Waals surface area contributed by atoms with Crippen LogP contribution in [0.25, 0.3) is 0 Å². The van der Waals surface area contributed by atoms with E-state index in [-0.39, 0.29) is 11.9 Å². The van der Waals surface area contributed by atoms with E-state index >= 15 is 0 Å². The van der Waals surface area contributed by atoms with Gasteiger partial charge in [-0.3, -0.25) is 4.90 Å². The molecule has 0 aliphatic carbocycles. The molecule has 1 saturated heterocycles. The first kappa shape index (κ1) is 17.7. The fourth-order valence-electron chi connectivity index (χ4n) is 3.39. The van der Waals surface area contributed by atoms with Crippen LogP contribution < -0.4 is 15.4 Å². The average Bonchev–Trinajstić information content (AvgIpc) is 2.65. The number of ether oxygens (including phenoxy) is 1. The SMILES string of the molecule is CCOc1ccc(C(CN)N2CCN(c3ccc(F)cc3)CC2)cc1. The van der Waals surface area contributed by atoms with Gasteiger partial charge in [0.1, 0.15) is 11.6 Å². The van der Waals surface area contributed by atoms with Crippen molar-refractivity contribution < 1.29 is 9.13 Å². The molecule has 0 saturated carbocycles. The summed E-state index contributed by atoms with van der Waals surface area (Å²) in [5.41, 5.74) is 8.37. The number of nitrogens with zero attached hydrogens (tertiary/aromatic N) is 2. The van der Waals surface area contributed by atoms with E-state index in [1.807, 2.05) is 31.2 Å².